The van der Waals surface area contributed by atoms with Crippen molar-refractivity contribution in [1.82, 2.24) is 19.9 Å². The van der Waals surface area contributed by atoms with E-state index in [1.165, 1.54) is 6.20 Å². The van der Waals surface area contributed by atoms with Crippen LogP contribution in [0.15, 0.2) is 36.8 Å². The minimum absolute atomic E-state index is 0.218. The van der Waals surface area contributed by atoms with Crippen molar-refractivity contribution in [2.75, 3.05) is 25.5 Å². The van der Waals surface area contributed by atoms with Gasteiger partial charge in [0.1, 0.15) is 0 Å². The van der Waals surface area contributed by atoms with Crippen molar-refractivity contribution >= 4 is 17.1 Å². The number of nitrogens with one attached hydrogen (secondary N) is 2. The monoisotopic (exact) mass is 366 g/mol. The highest BCUT2D eigenvalue weighted by atomic mass is 16.5. The molecule has 0 radical (unpaired) electrons. The third-order valence-corrected chi connectivity index (χ3v) is 5.03. The van der Waals surface area contributed by atoms with Crippen LogP contribution in [0.1, 0.15) is 17.3 Å². The number of primary amides is 1. The third-order valence-electron chi connectivity index (χ3n) is 5.03. The number of carbonyl (C=O) groups excluding carboxylic acids is 1. The van der Waals surface area contributed by atoms with E-state index in [1.807, 2.05) is 24.4 Å². The zero-order chi connectivity index (χ0) is 19.0. The van der Waals surface area contributed by atoms with Gasteiger partial charge in [0.25, 0.3) is 5.91 Å². The lowest BCUT2D eigenvalue weighted by atomic mass is 10.1. The number of nitrogens with zero attached hydrogens (tertiary/aromatic N) is 3. The molecular formula is C19H22N6O2. The Kier molecular flexibility index (Phi) is 4.41. The molecule has 0 unspecified atom stereocenters. The van der Waals surface area contributed by atoms with E-state index in [2.05, 4.69) is 27.6 Å². The van der Waals surface area contributed by atoms with Crippen LogP contribution in [0.5, 0.6) is 5.88 Å². The zero-order valence-corrected chi connectivity index (χ0v) is 15.3. The van der Waals surface area contributed by atoms with Gasteiger partial charge in [0.05, 0.1) is 30.1 Å². The standard InChI is InChI=1S/C19H22N6O2/c1-11-6-21-9-15(11)24-18-14(19(20)26)8-23-25-10-13(5-16(18)25)12-3-4-17(27-2)22-7-12/h3-5,7-8,10-11,15,21,24H,6,9H2,1-2H3,(H2,20,26)/t11-,15+/m0/s1. The van der Waals surface area contributed by atoms with Crippen molar-refractivity contribution in [3.8, 4) is 17.0 Å². The van der Waals surface area contributed by atoms with Gasteiger partial charge >= 0.3 is 0 Å². The molecular weight excluding hydrogens is 344 g/mol. The maximum Gasteiger partial charge on any atom is 0.252 e. The minimum atomic E-state index is -0.500. The fraction of sp³-hybridized carbons (Fsp3) is 0.316. The number of nitrogens with two attached hydrogens (primary N) is 1. The second-order valence-corrected chi connectivity index (χ2v) is 6.83. The molecule has 0 aromatic carbocycles. The number of carbonyl (C=O) groups is 1. The number of amides is 1. The van der Waals surface area contributed by atoms with Crippen LogP contribution >= 0.6 is 0 Å². The lowest BCUT2D eigenvalue weighted by molar-refractivity contribution is 0.100. The van der Waals surface area contributed by atoms with Crippen LogP contribution in [0.4, 0.5) is 5.69 Å². The van der Waals surface area contributed by atoms with E-state index in [-0.39, 0.29) is 6.04 Å². The average Bonchev–Trinajstić information content (AvgIpc) is 3.28. The molecule has 0 bridgehead atoms. The number of anilines is 1. The number of ether oxygens (including phenoxy) is 1. The summed E-state index contributed by atoms with van der Waals surface area (Å²) in [6, 6.07) is 5.95. The van der Waals surface area contributed by atoms with Crippen LogP contribution in [0.25, 0.3) is 16.6 Å². The Morgan fingerprint density at radius 3 is 2.81 bits per heavy atom. The van der Waals surface area contributed by atoms with E-state index in [1.54, 1.807) is 17.8 Å². The number of hydrogen-bond acceptors (Lipinski definition) is 6. The van der Waals surface area contributed by atoms with E-state index in [9.17, 15) is 4.79 Å². The molecule has 1 aliphatic heterocycles. The Morgan fingerprint density at radius 1 is 1.33 bits per heavy atom. The molecule has 1 saturated heterocycles. The van der Waals surface area contributed by atoms with Gasteiger partial charge < -0.3 is 21.1 Å². The quantitative estimate of drug-likeness (QED) is 0.632. The predicted molar refractivity (Wildman–Crippen MR) is 103 cm³/mol. The number of fused-ring (bicyclic) bond motifs is 1. The van der Waals surface area contributed by atoms with Crippen LogP contribution in [-0.2, 0) is 0 Å². The van der Waals surface area contributed by atoms with Crippen molar-refractivity contribution < 1.29 is 9.53 Å². The van der Waals surface area contributed by atoms with Crippen molar-refractivity contribution in [3.63, 3.8) is 0 Å². The van der Waals surface area contributed by atoms with E-state index >= 15 is 0 Å². The van der Waals surface area contributed by atoms with Crippen LogP contribution in [0.3, 0.4) is 0 Å². The molecule has 1 fully saturated rings. The van der Waals surface area contributed by atoms with Gasteiger partial charge in [-0.15, -0.1) is 0 Å². The normalized spacial score (nSPS) is 19.3. The summed E-state index contributed by atoms with van der Waals surface area (Å²) in [5.41, 5.74) is 9.38. The Bertz CT molecular complexity index is 982. The van der Waals surface area contributed by atoms with Gasteiger partial charge in [0.2, 0.25) is 5.88 Å². The lowest BCUT2D eigenvalue weighted by Crippen LogP contribution is -2.29. The Morgan fingerprint density at radius 2 is 2.19 bits per heavy atom. The van der Waals surface area contributed by atoms with E-state index in [0.717, 1.165) is 29.7 Å². The summed E-state index contributed by atoms with van der Waals surface area (Å²) in [4.78, 5) is 16.2. The summed E-state index contributed by atoms with van der Waals surface area (Å²) < 4.78 is 6.86. The molecule has 4 N–H and O–H groups in total. The number of aromatic nitrogens is 3. The number of pyridine rings is 1. The third kappa shape index (κ3) is 3.19. The Labute approximate surface area is 156 Å². The maximum absolute atomic E-state index is 12.0. The maximum atomic E-state index is 12.0. The molecule has 8 heteroatoms. The summed E-state index contributed by atoms with van der Waals surface area (Å²) in [5.74, 6) is 0.501. The zero-order valence-electron chi connectivity index (χ0n) is 15.3. The van der Waals surface area contributed by atoms with Crippen LogP contribution in [0.2, 0.25) is 0 Å². The highest BCUT2D eigenvalue weighted by Crippen LogP contribution is 2.30. The average molecular weight is 366 g/mol. The van der Waals surface area contributed by atoms with E-state index < -0.39 is 5.91 Å². The lowest BCUT2D eigenvalue weighted by Gasteiger charge is -2.20. The molecule has 1 aliphatic rings. The second-order valence-electron chi connectivity index (χ2n) is 6.83. The Hall–Kier alpha value is -3.13. The van der Waals surface area contributed by atoms with Gasteiger partial charge in [-0.05, 0) is 24.6 Å². The first-order valence-electron chi connectivity index (χ1n) is 8.85. The molecule has 27 heavy (non-hydrogen) atoms. The summed E-state index contributed by atoms with van der Waals surface area (Å²) >= 11 is 0. The van der Waals surface area contributed by atoms with Gasteiger partial charge in [-0.25, -0.2) is 9.50 Å². The molecule has 4 rings (SSSR count). The van der Waals surface area contributed by atoms with Crippen molar-refractivity contribution in [2.24, 2.45) is 11.7 Å². The van der Waals surface area contributed by atoms with E-state index in [4.69, 9.17) is 10.5 Å². The Balaban J connectivity index is 1.79. The topological polar surface area (TPSA) is 107 Å². The van der Waals surface area contributed by atoms with Crippen molar-refractivity contribution in [3.05, 3.63) is 42.4 Å². The van der Waals surface area contributed by atoms with Crippen molar-refractivity contribution in [1.29, 1.82) is 0 Å². The largest absolute Gasteiger partial charge is 0.481 e. The first-order valence-corrected chi connectivity index (χ1v) is 8.85. The molecule has 3 aromatic heterocycles. The van der Waals surface area contributed by atoms with Gasteiger partial charge in [0.15, 0.2) is 0 Å². The first-order chi connectivity index (χ1) is 13.1. The SMILES string of the molecule is COc1ccc(-c2cc3c(N[C@@H]4CNC[C@@H]4C)c(C(N)=O)cnn3c2)cn1. The highest BCUT2D eigenvalue weighted by molar-refractivity contribution is 6.02. The summed E-state index contributed by atoms with van der Waals surface area (Å²) in [6.45, 7) is 3.95. The van der Waals surface area contributed by atoms with Gasteiger partial charge in [-0.2, -0.15) is 5.10 Å². The second kappa shape index (κ2) is 6.88. The highest BCUT2D eigenvalue weighted by Gasteiger charge is 2.25. The summed E-state index contributed by atoms with van der Waals surface area (Å²) in [7, 11) is 1.58. The number of rotatable bonds is 5. The summed E-state index contributed by atoms with van der Waals surface area (Å²) in [5, 5.41) is 11.2. The van der Waals surface area contributed by atoms with Crippen LogP contribution < -0.4 is 21.1 Å². The molecule has 2 atom stereocenters. The fourth-order valence-electron chi connectivity index (χ4n) is 3.41. The smallest absolute Gasteiger partial charge is 0.252 e. The van der Waals surface area contributed by atoms with Gasteiger partial charge in [-0.1, -0.05) is 6.92 Å². The molecule has 1 amide bonds. The number of hydrogen-bond donors (Lipinski definition) is 3. The minimum Gasteiger partial charge on any atom is -0.481 e. The molecule has 3 aromatic rings. The van der Waals surface area contributed by atoms with Crippen molar-refractivity contribution in [2.45, 2.75) is 13.0 Å². The first kappa shape index (κ1) is 17.3. The number of methoxy groups -OCH3 is 1. The fourth-order valence-corrected chi connectivity index (χ4v) is 3.41. The van der Waals surface area contributed by atoms with Crippen LogP contribution in [0, 0.1) is 5.92 Å². The van der Waals surface area contributed by atoms with E-state index in [0.29, 0.717) is 23.0 Å². The molecule has 8 nitrogen and oxygen atoms in total. The van der Waals surface area contributed by atoms with Gasteiger partial charge in [-0.3, -0.25) is 4.79 Å². The molecule has 140 valence electrons. The summed E-state index contributed by atoms with van der Waals surface area (Å²) in [6.07, 6.45) is 5.17. The predicted octanol–water partition coefficient (Wildman–Crippen LogP) is 1.52. The molecule has 0 saturated carbocycles. The van der Waals surface area contributed by atoms with Gasteiger partial charge in [0, 0.05) is 42.2 Å². The molecule has 0 aliphatic carbocycles. The molecule has 0 spiro atoms. The molecule has 4 heterocycles. The van der Waals surface area contributed by atoms with Crippen LogP contribution in [-0.4, -0.2) is 46.7 Å².